The number of allylic oxidation sites excluding steroid dienone is 1. The van der Waals surface area contributed by atoms with E-state index < -0.39 is 6.10 Å². The number of aliphatic hydroxyl groups excluding tert-OH is 1. The summed E-state index contributed by atoms with van der Waals surface area (Å²) in [5, 5.41) is 9.50. The van der Waals surface area contributed by atoms with E-state index in [0.717, 1.165) is 5.56 Å². The molecule has 0 heterocycles. The van der Waals surface area contributed by atoms with Crippen molar-refractivity contribution >= 4 is 5.78 Å². The zero-order valence-corrected chi connectivity index (χ0v) is 8.18. The third-order valence-corrected chi connectivity index (χ3v) is 1.93. The van der Waals surface area contributed by atoms with Crippen molar-refractivity contribution in [3.63, 3.8) is 0 Å². The Bertz CT molecular complexity index is 314. The average Bonchev–Trinajstić information content (AvgIpc) is 2.19. The lowest BCUT2D eigenvalue weighted by Crippen LogP contribution is -2.20. The molecule has 0 aromatic heterocycles. The Morgan fingerprint density at radius 2 is 2.07 bits per heavy atom. The van der Waals surface area contributed by atoms with Gasteiger partial charge in [0.1, 0.15) is 6.10 Å². The summed E-state index contributed by atoms with van der Waals surface area (Å²) < 4.78 is 0. The molecule has 0 amide bonds. The van der Waals surface area contributed by atoms with Crippen molar-refractivity contribution in [1.29, 1.82) is 0 Å². The molecule has 1 atom stereocenters. The van der Waals surface area contributed by atoms with Crippen LogP contribution in [0.5, 0.6) is 0 Å². The van der Waals surface area contributed by atoms with E-state index in [4.69, 9.17) is 0 Å². The van der Waals surface area contributed by atoms with Crippen LogP contribution in [-0.2, 0) is 11.2 Å². The van der Waals surface area contributed by atoms with Crippen LogP contribution in [0.15, 0.2) is 42.5 Å². The molecule has 0 radical (unpaired) electrons. The first kappa shape index (κ1) is 10.7. The first-order valence-corrected chi connectivity index (χ1v) is 4.62. The molecule has 2 nitrogen and oxygen atoms in total. The summed E-state index contributed by atoms with van der Waals surface area (Å²) in [6, 6.07) is 9.48. The second-order valence-electron chi connectivity index (χ2n) is 3.11. The van der Waals surface area contributed by atoms with Gasteiger partial charge in [-0.1, -0.05) is 36.4 Å². The molecule has 0 saturated carbocycles. The van der Waals surface area contributed by atoms with E-state index in [1.807, 2.05) is 30.3 Å². The third-order valence-electron chi connectivity index (χ3n) is 1.93. The number of ketones is 1. The summed E-state index contributed by atoms with van der Waals surface area (Å²) in [6.07, 6.45) is 2.49. The Kier molecular flexibility index (Phi) is 4.08. The van der Waals surface area contributed by atoms with E-state index in [2.05, 4.69) is 0 Å². The molecule has 74 valence electrons. The Hall–Kier alpha value is -1.41. The van der Waals surface area contributed by atoms with E-state index in [1.165, 1.54) is 6.08 Å². The summed E-state index contributed by atoms with van der Waals surface area (Å²) in [5.74, 6) is -0.239. The summed E-state index contributed by atoms with van der Waals surface area (Å²) in [4.78, 5) is 11.2. The van der Waals surface area contributed by atoms with Gasteiger partial charge in [-0.2, -0.15) is 0 Å². The summed E-state index contributed by atoms with van der Waals surface area (Å²) in [6.45, 7) is 1.76. The molecule has 1 N–H and O–H groups in total. The molecule has 1 aromatic carbocycles. The van der Waals surface area contributed by atoms with Gasteiger partial charge in [0.15, 0.2) is 5.78 Å². The number of hydrogen-bond donors (Lipinski definition) is 1. The summed E-state index contributed by atoms with van der Waals surface area (Å²) >= 11 is 0. The maximum Gasteiger partial charge on any atom is 0.184 e. The normalized spacial score (nSPS) is 13.0. The SMILES string of the molecule is C/C=C/C(=O)[C@H](O)Cc1ccccc1. The van der Waals surface area contributed by atoms with Crippen molar-refractivity contribution in [2.24, 2.45) is 0 Å². The smallest absolute Gasteiger partial charge is 0.184 e. The molecule has 0 aliphatic carbocycles. The fraction of sp³-hybridized carbons (Fsp3) is 0.250. The van der Waals surface area contributed by atoms with Gasteiger partial charge in [-0.3, -0.25) is 4.79 Å². The van der Waals surface area contributed by atoms with Gasteiger partial charge in [0.2, 0.25) is 0 Å². The first-order valence-electron chi connectivity index (χ1n) is 4.62. The molecule has 1 aromatic rings. The van der Waals surface area contributed by atoms with Crippen molar-refractivity contribution < 1.29 is 9.90 Å². The molecule has 0 aliphatic rings. The Morgan fingerprint density at radius 3 is 2.64 bits per heavy atom. The maximum atomic E-state index is 11.2. The average molecular weight is 190 g/mol. The van der Waals surface area contributed by atoms with Gasteiger partial charge in [0.05, 0.1) is 0 Å². The minimum Gasteiger partial charge on any atom is -0.385 e. The van der Waals surface area contributed by atoms with Crippen molar-refractivity contribution in [2.75, 3.05) is 0 Å². The lowest BCUT2D eigenvalue weighted by molar-refractivity contribution is -0.122. The van der Waals surface area contributed by atoms with Gasteiger partial charge in [0, 0.05) is 6.42 Å². The van der Waals surface area contributed by atoms with Crippen LogP contribution in [0.3, 0.4) is 0 Å². The van der Waals surface area contributed by atoms with Gasteiger partial charge in [0.25, 0.3) is 0 Å². The molecule has 0 fully saturated rings. The van der Waals surface area contributed by atoms with Crippen LogP contribution < -0.4 is 0 Å². The van der Waals surface area contributed by atoms with E-state index in [0.29, 0.717) is 6.42 Å². The fourth-order valence-electron chi connectivity index (χ4n) is 1.21. The third kappa shape index (κ3) is 3.15. The minimum atomic E-state index is -0.923. The van der Waals surface area contributed by atoms with Gasteiger partial charge in [-0.05, 0) is 18.6 Å². The molecular weight excluding hydrogens is 176 g/mol. The Labute approximate surface area is 83.9 Å². The predicted molar refractivity (Wildman–Crippen MR) is 56.0 cm³/mol. The largest absolute Gasteiger partial charge is 0.385 e. The fourth-order valence-corrected chi connectivity index (χ4v) is 1.21. The highest BCUT2D eigenvalue weighted by Crippen LogP contribution is 2.04. The van der Waals surface area contributed by atoms with Crippen LogP contribution in [0.4, 0.5) is 0 Å². The highest BCUT2D eigenvalue weighted by Gasteiger charge is 2.11. The zero-order chi connectivity index (χ0) is 10.4. The second kappa shape index (κ2) is 5.35. The Balaban J connectivity index is 2.57. The van der Waals surface area contributed by atoms with E-state index in [9.17, 15) is 9.90 Å². The summed E-state index contributed by atoms with van der Waals surface area (Å²) in [7, 11) is 0. The van der Waals surface area contributed by atoms with Gasteiger partial charge in [-0.25, -0.2) is 0 Å². The topological polar surface area (TPSA) is 37.3 Å². The predicted octanol–water partition coefficient (Wildman–Crippen LogP) is 1.74. The monoisotopic (exact) mass is 190 g/mol. The molecule has 0 saturated heterocycles. The minimum absolute atomic E-state index is 0.239. The van der Waals surface area contributed by atoms with Crippen LogP contribution >= 0.6 is 0 Å². The molecule has 1 rings (SSSR count). The van der Waals surface area contributed by atoms with Crippen LogP contribution in [-0.4, -0.2) is 17.0 Å². The number of carbonyl (C=O) groups excluding carboxylic acids is 1. The molecular formula is C12H14O2. The Morgan fingerprint density at radius 1 is 1.43 bits per heavy atom. The first-order chi connectivity index (χ1) is 6.74. The van der Waals surface area contributed by atoms with Gasteiger partial charge >= 0.3 is 0 Å². The van der Waals surface area contributed by atoms with Gasteiger partial charge in [-0.15, -0.1) is 0 Å². The quantitative estimate of drug-likeness (QED) is 0.734. The molecule has 0 unspecified atom stereocenters. The van der Waals surface area contributed by atoms with Crippen molar-refractivity contribution in [1.82, 2.24) is 0 Å². The summed E-state index contributed by atoms with van der Waals surface area (Å²) in [5.41, 5.74) is 0.970. The lowest BCUT2D eigenvalue weighted by Gasteiger charge is -2.06. The van der Waals surface area contributed by atoms with E-state index in [-0.39, 0.29) is 5.78 Å². The maximum absolute atomic E-state index is 11.2. The van der Waals surface area contributed by atoms with Crippen LogP contribution in [0.2, 0.25) is 0 Å². The van der Waals surface area contributed by atoms with Crippen LogP contribution in [0, 0.1) is 0 Å². The lowest BCUT2D eigenvalue weighted by atomic mass is 10.0. The van der Waals surface area contributed by atoms with Crippen molar-refractivity contribution in [2.45, 2.75) is 19.4 Å². The zero-order valence-electron chi connectivity index (χ0n) is 8.18. The number of rotatable bonds is 4. The van der Waals surface area contributed by atoms with E-state index in [1.54, 1.807) is 13.0 Å². The number of aliphatic hydroxyl groups is 1. The highest BCUT2D eigenvalue weighted by molar-refractivity contribution is 5.93. The molecule has 2 heteroatoms. The van der Waals surface area contributed by atoms with Crippen molar-refractivity contribution in [3.05, 3.63) is 48.0 Å². The van der Waals surface area contributed by atoms with Gasteiger partial charge < -0.3 is 5.11 Å². The highest BCUT2D eigenvalue weighted by atomic mass is 16.3. The molecule has 0 aliphatic heterocycles. The number of benzene rings is 1. The standard InChI is InChI=1S/C12H14O2/c1-2-6-11(13)12(14)9-10-7-4-3-5-8-10/h2-8,12,14H,9H2,1H3/b6-2+/t12-/m1/s1. The molecule has 0 spiro atoms. The van der Waals surface area contributed by atoms with Crippen LogP contribution in [0.1, 0.15) is 12.5 Å². The van der Waals surface area contributed by atoms with E-state index >= 15 is 0 Å². The molecule has 0 bridgehead atoms. The number of hydrogen-bond acceptors (Lipinski definition) is 2. The van der Waals surface area contributed by atoms with Crippen LogP contribution in [0.25, 0.3) is 0 Å². The number of carbonyl (C=O) groups is 1. The molecule has 14 heavy (non-hydrogen) atoms. The van der Waals surface area contributed by atoms with Crippen molar-refractivity contribution in [3.8, 4) is 0 Å². The second-order valence-corrected chi connectivity index (χ2v) is 3.11.